The Labute approximate surface area is 217 Å². The van der Waals surface area contributed by atoms with E-state index in [1.165, 1.54) is 20.2 Å². The zero-order chi connectivity index (χ0) is 23.2. The van der Waals surface area contributed by atoms with Crippen LogP contribution in [0.3, 0.4) is 0 Å². The number of hydrogen-bond acceptors (Lipinski definition) is 3. The Kier molecular flexibility index (Phi) is 5.56. The highest BCUT2D eigenvalue weighted by atomic mass is 79.9. The molecule has 0 fully saturated rings. The maximum absolute atomic E-state index is 11.0. The molecule has 0 amide bonds. The van der Waals surface area contributed by atoms with Crippen molar-refractivity contribution < 1.29 is 9.84 Å². The molecule has 0 radical (unpaired) electrons. The van der Waals surface area contributed by atoms with Gasteiger partial charge >= 0.3 is 0 Å². The van der Waals surface area contributed by atoms with E-state index in [9.17, 15) is 5.11 Å². The Morgan fingerprint density at radius 2 is 1.44 bits per heavy atom. The van der Waals surface area contributed by atoms with Crippen LogP contribution in [0.25, 0.3) is 42.1 Å². The van der Waals surface area contributed by atoms with Gasteiger partial charge < -0.3 is 9.84 Å². The van der Waals surface area contributed by atoms with Crippen LogP contribution in [0.2, 0.25) is 0 Å². The van der Waals surface area contributed by atoms with Crippen LogP contribution in [0.15, 0.2) is 99.9 Å². The fourth-order valence-electron chi connectivity index (χ4n) is 4.49. The van der Waals surface area contributed by atoms with E-state index < -0.39 is 0 Å². The fourth-order valence-corrected chi connectivity index (χ4v) is 7.00. The summed E-state index contributed by atoms with van der Waals surface area (Å²) < 4.78 is 10.3. The number of phenolic OH excluding ortho intramolecular Hbond substituents is 1. The topological polar surface area (TPSA) is 29.5 Å². The minimum absolute atomic E-state index is 0.111. The second-order valence-corrected chi connectivity index (χ2v) is 10.8. The van der Waals surface area contributed by atoms with Crippen molar-refractivity contribution in [1.29, 1.82) is 0 Å². The van der Waals surface area contributed by atoms with E-state index >= 15 is 0 Å². The third-order valence-electron chi connectivity index (χ3n) is 6.02. The highest BCUT2D eigenvalue weighted by Gasteiger charge is 2.20. The van der Waals surface area contributed by atoms with Crippen LogP contribution < -0.4 is 4.74 Å². The Morgan fingerprint density at radius 1 is 0.765 bits per heavy atom. The molecule has 0 atom stereocenters. The SMILES string of the molecule is Oc1cc(-c2c3ccccc3c(Br)c3sc4ccccc4c23)cc(Br)c1OCc1ccccc1. The van der Waals surface area contributed by atoms with Gasteiger partial charge in [0, 0.05) is 19.9 Å². The molecule has 1 N–H and O–H groups in total. The van der Waals surface area contributed by atoms with Gasteiger partial charge in [0.2, 0.25) is 0 Å². The van der Waals surface area contributed by atoms with Gasteiger partial charge in [-0.15, -0.1) is 11.3 Å². The smallest absolute Gasteiger partial charge is 0.175 e. The van der Waals surface area contributed by atoms with Crippen molar-refractivity contribution in [3.63, 3.8) is 0 Å². The Bertz CT molecular complexity index is 1670. The average Bonchev–Trinajstić information content (AvgIpc) is 3.24. The Hall–Kier alpha value is -2.86. The van der Waals surface area contributed by atoms with Crippen molar-refractivity contribution in [1.82, 2.24) is 0 Å². The summed E-state index contributed by atoms with van der Waals surface area (Å²) in [6, 6.07) is 30.7. The zero-order valence-electron chi connectivity index (χ0n) is 17.9. The minimum Gasteiger partial charge on any atom is -0.504 e. The lowest BCUT2D eigenvalue weighted by atomic mass is 9.93. The van der Waals surface area contributed by atoms with Gasteiger partial charge in [-0.2, -0.15) is 0 Å². The summed E-state index contributed by atoms with van der Waals surface area (Å²) in [7, 11) is 0. The van der Waals surface area contributed by atoms with Gasteiger partial charge in [-0.05, 0) is 77.5 Å². The number of aromatic hydroxyl groups is 1. The monoisotopic (exact) mass is 588 g/mol. The number of benzene rings is 5. The molecule has 34 heavy (non-hydrogen) atoms. The molecular formula is C29H18Br2O2S. The normalized spacial score (nSPS) is 11.5. The van der Waals surface area contributed by atoms with Crippen LogP contribution in [-0.2, 0) is 6.61 Å². The number of thiophene rings is 1. The average molecular weight is 590 g/mol. The second-order valence-electron chi connectivity index (χ2n) is 8.12. The van der Waals surface area contributed by atoms with Crippen LogP contribution in [-0.4, -0.2) is 5.11 Å². The summed E-state index contributed by atoms with van der Waals surface area (Å²) in [6.07, 6.45) is 0. The summed E-state index contributed by atoms with van der Waals surface area (Å²) in [5, 5.41) is 15.7. The highest BCUT2D eigenvalue weighted by molar-refractivity contribution is 9.11. The van der Waals surface area contributed by atoms with Gasteiger partial charge in [-0.1, -0.05) is 72.8 Å². The van der Waals surface area contributed by atoms with E-state index in [4.69, 9.17) is 4.74 Å². The first-order chi connectivity index (χ1) is 16.6. The van der Waals surface area contributed by atoms with E-state index in [-0.39, 0.29) is 5.75 Å². The number of rotatable bonds is 4. The van der Waals surface area contributed by atoms with Crippen molar-refractivity contribution in [3.05, 3.63) is 106 Å². The molecule has 0 saturated carbocycles. The number of hydrogen-bond donors (Lipinski definition) is 1. The van der Waals surface area contributed by atoms with Gasteiger partial charge in [0.25, 0.3) is 0 Å². The van der Waals surface area contributed by atoms with Crippen molar-refractivity contribution in [2.75, 3.05) is 0 Å². The molecule has 0 saturated heterocycles. The Morgan fingerprint density at radius 3 is 2.21 bits per heavy atom. The van der Waals surface area contributed by atoms with Crippen LogP contribution in [0.5, 0.6) is 11.5 Å². The zero-order valence-corrected chi connectivity index (χ0v) is 21.9. The third kappa shape index (κ3) is 3.59. The first-order valence-electron chi connectivity index (χ1n) is 10.8. The third-order valence-corrected chi connectivity index (χ3v) is 8.88. The summed E-state index contributed by atoms with van der Waals surface area (Å²) in [5.41, 5.74) is 3.09. The van der Waals surface area contributed by atoms with Gasteiger partial charge in [-0.25, -0.2) is 0 Å². The number of fused-ring (bicyclic) bond motifs is 4. The van der Waals surface area contributed by atoms with Gasteiger partial charge in [0.1, 0.15) is 6.61 Å². The standard InChI is InChI=1S/C29H18Br2O2S/c30-22-14-18(15-23(32)28(22)33-16-17-8-2-1-3-9-17)25-19-10-4-5-11-20(19)27(31)29-26(25)21-12-6-7-13-24(21)34-29/h1-15,32H,16H2. The van der Waals surface area contributed by atoms with Crippen LogP contribution in [0, 0.1) is 0 Å². The number of ether oxygens (including phenoxy) is 1. The van der Waals surface area contributed by atoms with Crippen LogP contribution in [0.4, 0.5) is 0 Å². The highest BCUT2D eigenvalue weighted by Crippen LogP contribution is 2.50. The van der Waals surface area contributed by atoms with Gasteiger partial charge in [0.05, 0.1) is 9.17 Å². The summed E-state index contributed by atoms with van der Waals surface area (Å²) in [5.74, 6) is 0.556. The molecule has 5 heteroatoms. The number of phenols is 1. The lowest BCUT2D eigenvalue weighted by Crippen LogP contribution is -1.96. The lowest BCUT2D eigenvalue weighted by Gasteiger charge is -2.15. The molecule has 0 aliphatic rings. The molecule has 2 nitrogen and oxygen atoms in total. The molecule has 6 rings (SSSR count). The molecule has 1 aromatic heterocycles. The maximum Gasteiger partial charge on any atom is 0.175 e. The predicted octanol–water partition coefficient (Wildman–Crippen LogP) is 9.68. The molecule has 0 aliphatic carbocycles. The predicted molar refractivity (Wildman–Crippen MR) is 150 cm³/mol. The lowest BCUT2D eigenvalue weighted by molar-refractivity contribution is 0.287. The van der Waals surface area contributed by atoms with Crippen molar-refractivity contribution in [2.45, 2.75) is 6.61 Å². The Balaban J connectivity index is 1.58. The molecular weight excluding hydrogens is 572 g/mol. The summed E-state index contributed by atoms with van der Waals surface area (Å²) >= 11 is 9.33. The molecule has 5 aromatic carbocycles. The van der Waals surface area contributed by atoms with Crippen molar-refractivity contribution in [3.8, 4) is 22.6 Å². The molecule has 0 bridgehead atoms. The first kappa shape index (κ1) is 21.7. The maximum atomic E-state index is 11.0. The van der Waals surface area contributed by atoms with Crippen LogP contribution in [0.1, 0.15) is 5.56 Å². The molecule has 1 heterocycles. The fraction of sp³-hybridized carbons (Fsp3) is 0.0345. The van der Waals surface area contributed by atoms with Crippen molar-refractivity contribution in [2.24, 2.45) is 0 Å². The molecule has 0 unspecified atom stereocenters. The number of halogens is 2. The van der Waals surface area contributed by atoms with E-state index in [1.807, 2.05) is 42.5 Å². The van der Waals surface area contributed by atoms with Gasteiger partial charge in [0.15, 0.2) is 11.5 Å². The van der Waals surface area contributed by atoms with Crippen molar-refractivity contribution >= 4 is 74.1 Å². The largest absolute Gasteiger partial charge is 0.504 e. The van der Waals surface area contributed by atoms with E-state index in [0.29, 0.717) is 12.4 Å². The van der Waals surface area contributed by atoms with E-state index in [0.717, 1.165) is 36.4 Å². The van der Waals surface area contributed by atoms with E-state index in [1.54, 1.807) is 11.3 Å². The second kappa shape index (κ2) is 8.73. The first-order valence-corrected chi connectivity index (χ1v) is 13.2. The quantitative estimate of drug-likeness (QED) is 0.222. The molecule has 166 valence electrons. The van der Waals surface area contributed by atoms with Crippen LogP contribution >= 0.6 is 43.2 Å². The van der Waals surface area contributed by atoms with Gasteiger partial charge in [-0.3, -0.25) is 0 Å². The molecule has 0 aliphatic heterocycles. The summed E-state index contributed by atoms with van der Waals surface area (Å²) in [6.45, 7) is 0.382. The van der Waals surface area contributed by atoms with E-state index in [2.05, 4.69) is 80.4 Å². The summed E-state index contributed by atoms with van der Waals surface area (Å²) in [4.78, 5) is 0. The molecule has 0 spiro atoms. The minimum atomic E-state index is 0.111. The molecule has 6 aromatic rings.